The predicted octanol–water partition coefficient (Wildman–Crippen LogP) is 2.35. The maximum Gasteiger partial charge on any atom is 0.307 e. The molecule has 1 aromatic carbocycles. The first-order chi connectivity index (χ1) is 6.00. The second-order valence-electron chi connectivity index (χ2n) is 2.44. The van der Waals surface area contributed by atoms with Crippen molar-refractivity contribution < 1.29 is 18.7 Å². The first-order valence-electron chi connectivity index (χ1n) is 3.36. The van der Waals surface area contributed by atoms with E-state index in [1.54, 1.807) is 0 Å². The Hall–Kier alpha value is -0.970. The minimum Gasteiger partial charge on any atom is -0.481 e. The fourth-order valence-corrected chi connectivity index (χ4v) is 1.11. The van der Waals surface area contributed by atoms with Gasteiger partial charge in [0.2, 0.25) is 0 Å². The van der Waals surface area contributed by atoms with Gasteiger partial charge in [-0.3, -0.25) is 4.79 Å². The molecular formula is C8H5BrF2O2. The van der Waals surface area contributed by atoms with Crippen molar-refractivity contribution in [2.24, 2.45) is 0 Å². The summed E-state index contributed by atoms with van der Waals surface area (Å²) in [6, 6.07) is 1.97. The van der Waals surface area contributed by atoms with Gasteiger partial charge in [-0.05, 0) is 33.6 Å². The molecule has 0 amide bonds. The molecule has 0 heterocycles. The molecule has 0 fully saturated rings. The van der Waals surface area contributed by atoms with Crippen LogP contribution < -0.4 is 0 Å². The van der Waals surface area contributed by atoms with Crippen molar-refractivity contribution in [1.29, 1.82) is 0 Å². The van der Waals surface area contributed by atoms with E-state index in [4.69, 9.17) is 5.11 Å². The molecule has 0 saturated carbocycles. The van der Waals surface area contributed by atoms with Crippen LogP contribution >= 0.6 is 15.9 Å². The molecule has 1 rings (SSSR count). The van der Waals surface area contributed by atoms with Crippen LogP contribution in [0.25, 0.3) is 0 Å². The van der Waals surface area contributed by atoms with Crippen molar-refractivity contribution in [2.45, 2.75) is 6.42 Å². The van der Waals surface area contributed by atoms with Gasteiger partial charge in [0.15, 0.2) is 0 Å². The van der Waals surface area contributed by atoms with Gasteiger partial charge in [0, 0.05) is 0 Å². The van der Waals surface area contributed by atoms with E-state index in [1.807, 2.05) is 0 Å². The second kappa shape index (κ2) is 3.83. The summed E-state index contributed by atoms with van der Waals surface area (Å²) in [5.41, 5.74) is 0.103. The van der Waals surface area contributed by atoms with E-state index < -0.39 is 17.6 Å². The molecule has 0 saturated heterocycles. The number of hydrogen-bond acceptors (Lipinski definition) is 1. The summed E-state index contributed by atoms with van der Waals surface area (Å²) in [6.07, 6.45) is -0.388. The van der Waals surface area contributed by atoms with E-state index in [1.165, 1.54) is 0 Å². The molecule has 5 heteroatoms. The Morgan fingerprint density at radius 3 is 2.23 bits per heavy atom. The van der Waals surface area contributed by atoms with Crippen molar-refractivity contribution in [3.8, 4) is 0 Å². The van der Waals surface area contributed by atoms with Crippen molar-refractivity contribution >= 4 is 21.9 Å². The standard InChI is InChI=1S/C8H5BrF2O2/c9-8-5(10)1-4(2-6(8)11)3-7(12)13/h1-2H,3H2,(H,12,13). The Morgan fingerprint density at radius 2 is 1.85 bits per heavy atom. The van der Waals surface area contributed by atoms with E-state index in [-0.39, 0.29) is 16.5 Å². The average molecular weight is 251 g/mol. The lowest BCUT2D eigenvalue weighted by molar-refractivity contribution is -0.136. The molecule has 0 unspecified atom stereocenters. The molecule has 0 aliphatic heterocycles. The van der Waals surface area contributed by atoms with Gasteiger partial charge in [-0.2, -0.15) is 0 Å². The largest absolute Gasteiger partial charge is 0.481 e. The summed E-state index contributed by atoms with van der Waals surface area (Å²) in [7, 11) is 0. The quantitative estimate of drug-likeness (QED) is 0.819. The van der Waals surface area contributed by atoms with E-state index in [0.29, 0.717) is 0 Å². The van der Waals surface area contributed by atoms with Crippen LogP contribution in [0.4, 0.5) is 8.78 Å². The van der Waals surface area contributed by atoms with Crippen LogP contribution in [-0.4, -0.2) is 11.1 Å². The number of carbonyl (C=O) groups is 1. The summed E-state index contributed by atoms with van der Waals surface area (Å²) in [6.45, 7) is 0. The summed E-state index contributed by atoms with van der Waals surface area (Å²) >= 11 is 2.68. The van der Waals surface area contributed by atoms with Gasteiger partial charge in [0.05, 0.1) is 10.9 Å². The fourth-order valence-electron chi connectivity index (χ4n) is 0.885. The number of aliphatic carboxylic acids is 1. The number of carboxylic acid groups (broad SMARTS) is 1. The minimum absolute atomic E-state index is 0.103. The third-order valence-corrected chi connectivity index (χ3v) is 2.16. The summed E-state index contributed by atoms with van der Waals surface area (Å²) in [4.78, 5) is 10.2. The van der Waals surface area contributed by atoms with Crippen LogP contribution in [0.1, 0.15) is 5.56 Å². The molecule has 0 radical (unpaired) electrons. The van der Waals surface area contributed by atoms with Crippen LogP contribution in [-0.2, 0) is 11.2 Å². The zero-order chi connectivity index (χ0) is 10.0. The zero-order valence-electron chi connectivity index (χ0n) is 6.35. The molecule has 1 aromatic rings. The van der Waals surface area contributed by atoms with Crippen molar-refractivity contribution in [3.05, 3.63) is 33.8 Å². The summed E-state index contributed by atoms with van der Waals surface area (Å²) in [5, 5.41) is 8.36. The Balaban J connectivity index is 3.06. The second-order valence-corrected chi connectivity index (χ2v) is 3.24. The minimum atomic E-state index is -1.12. The predicted molar refractivity (Wildman–Crippen MR) is 45.4 cm³/mol. The van der Waals surface area contributed by atoms with Crippen LogP contribution in [0.15, 0.2) is 16.6 Å². The van der Waals surface area contributed by atoms with Crippen molar-refractivity contribution in [1.82, 2.24) is 0 Å². The van der Waals surface area contributed by atoms with Gasteiger partial charge in [-0.15, -0.1) is 0 Å². The molecule has 2 nitrogen and oxygen atoms in total. The van der Waals surface area contributed by atoms with Gasteiger partial charge in [-0.25, -0.2) is 8.78 Å². The summed E-state index contributed by atoms with van der Waals surface area (Å²) in [5.74, 6) is -2.71. The highest BCUT2D eigenvalue weighted by atomic mass is 79.9. The fraction of sp³-hybridized carbons (Fsp3) is 0.125. The molecule has 0 aliphatic carbocycles. The zero-order valence-corrected chi connectivity index (χ0v) is 7.94. The van der Waals surface area contributed by atoms with Crippen LogP contribution in [0, 0.1) is 11.6 Å². The van der Waals surface area contributed by atoms with Crippen LogP contribution in [0.5, 0.6) is 0 Å². The molecule has 0 atom stereocenters. The van der Waals surface area contributed by atoms with Gasteiger partial charge in [-0.1, -0.05) is 0 Å². The Bertz CT molecular complexity index is 329. The lowest BCUT2D eigenvalue weighted by atomic mass is 10.1. The van der Waals surface area contributed by atoms with Crippen LogP contribution in [0.2, 0.25) is 0 Å². The monoisotopic (exact) mass is 250 g/mol. The third-order valence-electron chi connectivity index (χ3n) is 1.40. The Morgan fingerprint density at radius 1 is 1.38 bits per heavy atom. The van der Waals surface area contributed by atoms with Crippen molar-refractivity contribution in [3.63, 3.8) is 0 Å². The number of benzene rings is 1. The van der Waals surface area contributed by atoms with Gasteiger partial charge >= 0.3 is 5.97 Å². The molecular weight excluding hydrogens is 246 g/mol. The maximum atomic E-state index is 12.8. The molecule has 0 aromatic heterocycles. The molecule has 0 bridgehead atoms. The van der Waals surface area contributed by atoms with E-state index >= 15 is 0 Å². The average Bonchev–Trinajstić information content (AvgIpc) is 1.98. The number of rotatable bonds is 2. The lowest BCUT2D eigenvalue weighted by Gasteiger charge is -2.00. The molecule has 0 spiro atoms. The van der Waals surface area contributed by atoms with E-state index in [9.17, 15) is 13.6 Å². The first kappa shape index (κ1) is 10.1. The van der Waals surface area contributed by atoms with Gasteiger partial charge in [0.25, 0.3) is 0 Å². The molecule has 1 N–H and O–H groups in total. The highest BCUT2D eigenvalue weighted by Crippen LogP contribution is 2.21. The topological polar surface area (TPSA) is 37.3 Å². The number of halogens is 3. The smallest absolute Gasteiger partial charge is 0.307 e. The Labute approximate surface area is 81.3 Å². The molecule has 70 valence electrons. The first-order valence-corrected chi connectivity index (χ1v) is 4.15. The number of carboxylic acids is 1. The highest BCUT2D eigenvalue weighted by Gasteiger charge is 2.09. The lowest BCUT2D eigenvalue weighted by Crippen LogP contribution is -2.01. The Kier molecular flexibility index (Phi) is 2.98. The highest BCUT2D eigenvalue weighted by molar-refractivity contribution is 9.10. The van der Waals surface area contributed by atoms with E-state index in [2.05, 4.69) is 15.9 Å². The summed E-state index contributed by atoms with van der Waals surface area (Å²) < 4.78 is 25.3. The molecule has 0 aliphatic rings. The third kappa shape index (κ3) is 2.48. The van der Waals surface area contributed by atoms with Crippen molar-refractivity contribution in [2.75, 3.05) is 0 Å². The van der Waals surface area contributed by atoms with Crippen LogP contribution in [0.3, 0.4) is 0 Å². The van der Waals surface area contributed by atoms with Gasteiger partial charge in [0.1, 0.15) is 11.6 Å². The number of hydrogen-bond donors (Lipinski definition) is 1. The molecule has 13 heavy (non-hydrogen) atoms. The maximum absolute atomic E-state index is 12.8. The van der Waals surface area contributed by atoms with E-state index in [0.717, 1.165) is 12.1 Å². The van der Waals surface area contributed by atoms with Gasteiger partial charge < -0.3 is 5.11 Å². The SMILES string of the molecule is O=C(O)Cc1cc(F)c(Br)c(F)c1. The normalized spacial score (nSPS) is 10.1.